The van der Waals surface area contributed by atoms with Crippen LogP contribution >= 0.6 is 22.9 Å². The third-order valence-electron chi connectivity index (χ3n) is 9.31. The number of aliphatic carboxylic acids is 1. The van der Waals surface area contributed by atoms with Crippen LogP contribution in [-0.4, -0.2) is 79.8 Å². The Morgan fingerprint density at radius 3 is 2.36 bits per heavy atom. The maximum atomic E-state index is 12.7. The highest BCUT2D eigenvalue weighted by Crippen LogP contribution is 2.45. The number of hydrogen-bond donors (Lipinski definition) is 2. The fourth-order valence-corrected chi connectivity index (χ4v) is 8.18. The van der Waals surface area contributed by atoms with Crippen molar-refractivity contribution in [1.29, 1.82) is 0 Å². The Balaban J connectivity index is 1.31. The zero-order valence-electron chi connectivity index (χ0n) is 27.3. The van der Waals surface area contributed by atoms with Gasteiger partial charge in [-0.2, -0.15) is 5.10 Å². The first-order chi connectivity index (χ1) is 22.4. The lowest BCUT2D eigenvalue weighted by Gasteiger charge is -2.45. The van der Waals surface area contributed by atoms with Crippen molar-refractivity contribution in [3.05, 3.63) is 64.7 Å². The summed E-state index contributed by atoms with van der Waals surface area (Å²) in [6.07, 6.45) is 0.435. The van der Waals surface area contributed by atoms with Gasteiger partial charge in [-0.3, -0.25) is 9.58 Å². The summed E-state index contributed by atoms with van der Waals surface area (Å²) in [4.78, 5) is 22.7. The van der Waals surface area contributed by atoms with Crippen LogP contribution in [0.25, 0.3) is 42.8 Å². The van der Waals surface area contributed by atoms with Gasteiger partial charge in [-0.05, 0) is 88.1 Å². The molecule has 3 aromatic carbocycles. The number of piperazine rings is 1. The molecule has 5 aromatic rings. The molecule has 0 unspecified atom stereocenters. The smallest absolute Gasteiger partial charge is 0.337 e. The molecule has 0 radical (unpaired) electrons. The summed E-state index contributed by atoms with van der Waals surface area (Å²) in [7, 11) is 1.98. The molecule has 0 bridgehead atoms. The number of nitrogens with zero attached hydrogens (tertiary/aromatic N) is 5. The van der Waals surface area contributed by atoms with Crippen molar-refractivity contribution in [1.82, 2.24) is 19.7 Å². The number of rotatable bonds is 7. The molecule has 1 saturated carbocycles. The summed E-state index contributed by atoms with van der Waals surface area (Å²) in [6.45, 7) is 11.2. The maximum Gasteiger partial charge on any atom is 0.337 e. The van der Waals surface area contributed by atoms with Gasteiger partial charge in [-0.25, -0.2) is 9.78 Å². The number of carboxylic acid groups (broad SMARTS) is 1. The van der Waals surface area contributed by atoms with E-state index in [1.54, 1.807) is 11.3 Å². The molecule has 7 rings (SSSR count). The van der Waals surface area contributed by atoms with Gasteiger partial charge in [0.05, 0.1) is 27.4 Å². The second kappa shape index (κ2) is 12.2. The Morgan fingerprint density at radius 1 is 1.04 bits per heavy atom. The van der Waals surface area contributed by atoms with E-state index in [4.69, 9.17) is 26.4 Å². The van der Waals surface area contributed by atoms with Gasteiger partial charge in [0.25, 0.3) is 0 Å². The summed E-state index contributed by atoms with van der Waals surface area (Å²) in [5.41, 5.74) is 5.25. The largest absolute Gasteiger partial charge is 0.479 e. The van der Waals surface area contributed by atoms with Crippen LogP contribution in [0.1, 0.15) is 50.8 Å². The first kappa shape index (κ1) is 32.0. The number of aryl methyl sites for hydroxylation is 2. The SMILES string of the molecule is Cc1cc2nc(-c3ccc4c(c3)c(N3CCN(C5CC(O)C5)CC3)nn4C)sc2c(-c2ccc(Cl)cc2)c1[C@H](OC(C)(C)C)C(=O)O. The number of thiazole rings is 1. The normalized spacial score (nSPS) is 19.8. The zero-order chi connectivity index (χ0) is 33.2. The molecule has 9 nitrogen and oxygen atoms in total. The summed E-state index contributed by atoms with van der Waals surface area (Å²) in [5.74, 6) is -0.0645. The minimum absolute atomic E-state index is 0.146. The molecule has 1 atom stereocenters. The fourth-order valence-electron chi connectivity index (χ4n) is 6.93. The number of halogens is 1. The van der Waals surface area contributed by atoms with Gasteiger partial charge in [0, 0.05) is 66.4 Å². The molecule has 1 aliphatic heterocycles. The van der Waals surface area contributed by atoms with Crippen molar-refractivity contribution in [3.8, 4) is 21.7 Å². The van der Waals surface area contributed by atoms with E-state index in [0.29, 0.717) is 16.6 Å². The predicted octanol–water partition coefficient (Wildman–Crippen LogP) is 7.06. The Kier molecular flexibility index (Phi) is 8.29. The van der Waals surface area contributed by atoms with E-state index < -0.39 is 17.7 Å². The van der Waals surface area contributed by atoms with E-state index in [-0.39, 0.29) is 6.10 Å². The minimum atomic E-state index is -1.17. The Labute approximate surface area is 283 Å². The molecule has 1 saturated heterocycles. The number of carboxylic acids is 1. The van der Waals surface area contributed by atoms with Gasteiger partial charge >= 0.3 is 5.97 Å². The number of fused-ring (bicyclic) bond motifs is 2. The lowest BCUT2D eigenvalue weighted by Crippen LogP contribution is -2.55. The van der Waals surface area contributed by atoms with E-state index in [1.807, 2.05) is 69.8 Å². The predicted molar refractivity (Wildman–Crippen MR) is 189 cm³/mol. The maximum absolute atomic E-state index is 12.7. The van der Waals surface area contributed by atoms with Crippen LogP contribution < -0.4 is 4.90 Å². The van der Waals surface area contributed by atoms with Crippen LogP contribution in [-0.2, 0) is 16.6 Å². The number of aliphatic hydroxyl groups is 1. The quantitative estimate of drug-likeness (QED) is 0.189. The highest BCUT2D eigenvalue weighted by Gasteiger charge is 2.35. The second-order valence-corrected chi connectivity index (χ2v) is 15.2. The molecular weight excluding hydrogens is 634 g/mol. The number of anilines is 1. The van der Waals surface area contributed by atoms with Crippen LogP contribution in [0.2, 0.25) is 5.02 Å². The highest BCUT2D eigenvalue weighted by atomic mass is 35.5. The van der Waals surface area contributed by atoms with Crippen LogP contribution in [0.15, 0.2) is 48.5 Å². The highest BCUT2D eigenvalue weighted by molar-refractivity contribution is 7.22. The van der Waals surface area contributed by atoms with Crippen molar-refractivity contribution >= 4 is 55.8 Å². The lowest BCUT2D eigenvalue weighted by atomic mass is 9.88. The first-order valence-electron chi connectivity index (χ1n) is 16.1. The third-order valence-corrected chi connectivity index (χ3v) is 10.7. The van der Waals surface area contributed by atoms with Crippen LogP contribution in [0.3, 0.4) is 0 Å². The van der Waals surface area contributed by atoms with E-state index in [9.17, 15) is 15.0 Å². The van der Waals surface area contributed by atoms with Gasteiger partial charge in [0.1, 0.15) is 5.01 Å². The molecule has 2 aliphatic rings. The first-order valence-corrected chi connectivity index (χ1v) is 17.3. The Bertz CT molecular complexity index is 1970. The lowest BCUT2D eigenvalue weighted by molar-refractivity contribution is -0.160. The topological polar surface area (TPSA) is 104 Å². The standard InChI is InChI=1S/C36H40ClN5O4S/c1-20-16-27-32(30(21-6-9-23(37)10-7-21)29(20)31(35(44)45)46-36(2,3)4)47-34(38-27)22-8-11-28-26(17-22)33(39-40(28)5)42-14-12-41(13-15-42)24-18-25(43)19-24/h6-11,16-17,24-25,31,43H,12-15,18-19H2,1-5H3,(H,44,45)/t24?,25?,31-/m0/s1. The Hall–Kier alpha value is -3.54. The molecule has 11 heteroatoms. The van der Waals surface area contributed by atoms with Gasteiger partial charge < -0.3 is 19.8 Å². The molecule has 246 valence electrons. The molecule has 0 amide bonds. The number of ether oxygens (including phenoxy) is 1. The van der Waals surface area contributed by atoms with Crippen LogP contribution in [0, 0.1) is 6.92 Å². The molecule has 0 spiro atoms. The molecular formula is C36H40ClN5O4S. The van der Waals surface area contributed by atoms with E-state index in [1.165, 1.54) is 0 Å². The van der Waals surface area contributed by atoms with Crippen molar-refractivity contribution in [3.63, 3.8) is 0 Å². The summed E-state index contributed by atoms with van der Waals surface area (Å²) >= 11 is 7.83. The fraction of sp³-hybridized carbons (Fsp3) is 0.417. The second-order valence-electron chi connectivity index (χ2n) is 13.8. The van der Waals surface area contributed by atoms with Gasteiger partial charge in [0.15, 0.2) is 11.9 Å². The number of carbonyl (C=O) groups is 1. The molecule has 47 heavy (non-hydrogen) atoms. The number of benzene rings is 3. The molecule has 2 aromatic heterocycles. The average molecular weight is 674 g/mol. The summed E-state index contributed by atoms with van der Waals surface area (Å²) < 4.78 is 9.02. The van der Waals surface area contributed by atoms with Crippen molar-refractivity contribution in [2.75, 3.05) is 31.1 Å². The van der Waals surface area contributed by atoms with Crippen LogP contribution in [0.5, 0.6) is 0 Å². The number of aliphatic hydroxyl groups excluding tert-OH is 1. The summed E-state index contributed by atoms with van der Waals surface area (Å²) in [6, 6.07) is 16.3. The average Bonchev–Trinajstić information content (AvgIpc) is 3.58. The monoisotopic (exact) mass is 673 g/mol. The zero-order valence-corrected chi connectivity index (χ0v) is 28.9. The van der Waals surface area contributed by atoms with Crippen molar-refractivity contribution in [2.24, 2.45) is 7.05 Å². The third kappa shape index (κ3) is 6.13. The molecule has 3 heterocycles. The number of hydrogen-bond acceptors (Lipinski definition) is 8. The molecule has 2 fully saturated rings. The van der Waals surface area contributed by atoms with Crippen molar-refractivity contribution in [2.45, 2.75) is 64.4 Å². The summed E-state index contributed by atoms with van der Waals surface area (Å²) in [5, 5.41) is 27.7. The van der Waals surface area contributed by atoms with Gasteiger partial charge in [-0.15, -0.1) is 11.3 Å². The van der Waals surface area contributed by atoms with Gasteiger partial charge in [0.2, 0.25) is 0 Å². The van der Waals surface area contributed by atoms with Gasteiger partial charge in [-0.1, -0.05) is 23.7 Å². The van der Waals surface area contributed by atoms with E-state index in [0.717, 1.165) is 93.2 Å². The van der Waals surface area contributed by atoms with E-state index in [2.05, 4.69) is 28.0 Å². The van der Waals surface area contributed by atoms with Crippen molar-refractivity contribution < 1.29 is 19.7 Å². The minimum Gasteiger partial charge on any atom is -0.479 e. The Morgan fingerprint density at radius 2 is 1.72 bits per heavy atom. The van der Waals surface area contributed by atoms with Crippen LogP contribution in [0.4, 0.5) is 5.82 Å². The molecule has 1 aliphatic carbocycles. The van der Waals surface area contributed by atoms with E-state index >= 15 is 0 Å². The molecule has 2 N–H and O–H groups in total. The number of aromatic nitrogens is 3.